The zero-order valence-corrected chi connectivity index (χ0v) is 13.3. The van der Waals surface area contributed by atoms with Crippen molar-refractivity contribution < 1.29 is 22.5 Å². The third-order valence-corrected chi connectivity index (χ3v) is 3.47. The summed E-state index contributed by atoms with van der Waals surface area (Å²) in [5.74, 6) is -0.357. The lowest BCUT2D eigenvalue weighted by atomic mass is 10.0. The molecule has 0 radical (unpaired) electrons. The third-order valence-electron chi connectivity index (χ3n) is 3.47. The van der Waals surface area contributed by atoms with E-state index >= 15 is 0 Å². The van der Waals surface area contributed by atoms with Crippen LogP contribution in [0.2, 0.25) is 0 Å². The van der Waals surface area contributed by atoms with Crippen LogP contribution < -0.4 is 5.32 Å². The number of hydrogen-bond acceptors (Lipinski definition) is 4. The number of alkyl halides is 3. The van der Waals surface area contributed by atoms with Crippen LogP contribution in [0.15, 0.2) is 40.9 Å². The summed E-state index contributed by atoms with van der Waals surface area (Å²) in [5.41, 5.74) is -1.03. The number of rotatable bonds is 3. The SMILES string of the molecule is Cc1cc(C(=O)Nc2c(-c3ccccc3)c(C(F)(F)F)nn2C)no1. The van der Waals surface area contributed by atoms with E-state index in [1.165, 1.54) is 25.2 Å². The Balaban J connectivity index is 2.10. The number of aromatic nitrogens is 3. The number of nitrogens with zero attached hydrogens (tertiary/aromatic N) is 3. The molecule has 0 saturated heterocycles. The zero-order valence-electron chi connectivity index (χ0n) is 13.3. The van der Waals surface area contributed by atoms with E-state index < -0.39 is 17.8 Å². The number of halogens is 3. The number of aryl methyl sites for hydroxylation is 2. The van der Waals surface area contributed by atoms with Crippen molar-refractivity contribution in [3.63, 3.8) is 0 Å². The molecular weight excluding hydrogens is 337 g/mol. The lowest BCUT2D eigenvalue weighted by molar-refractivity contribution is -0.140. The monoisotopic (exact) mass is 350 g/mol. The molecule has 3 rings (SSSR count). The van der Waals surface area contributed by atoms with Crippen molar-refractivity contribution in [2.45, 2.75) is 13.1 Å². The van der Waals surface area contributed by atoms with Gasteiger partial charge in [-0.05, 0) is 12.5 Å². The molecule has 0 unspecified atom stereocenters. The minimum atomic E-state index is -4.67. The Bertz CT molecular complexity index is 913. The van der Waals surface area contributed by atoms with Crippen molar-refractivity contribution >= 4 is 11.7 Å². The minimum Gasteiger partial charge on any atom is -0.361 e. The molecule has 0 atom stereocenters. The van der Waals surface area contributed by atoms with E-state index in [2.05, 4.69) is 15.6 Å². The molecule has 25 heavy (non-hydrogen) atoms. The van der Waals surface area contributed by atoms with Crippen LogP contribution in [-0.2, 0) is 13.2 Å². The van der Waals surface area contributed by atoms with Gasteiger partial charge in [0.1, 0.15) is 11.6 Å². The molecule has 0 aliphatic heterocycles. The molecule has 2 aromatic heterocycles. The van der Waals surface area contributed by atoms with E-state index in [9.17, 15) is 18.0 Å². The summed E-state index contributed by atoms with van der Waals surface area (Å²) < 4.78 is 45.9. The molecule has 2 heterocycles. The van der Waals surface area contributed by atoms with Gasteiger partial charge in [-0.25, -0.2) is 0 Å². The first-order valence-corrected chi connectivity index (χ1v) is 7.21. The Morgan fingerprint density at radius 2 is 1.92 bits per heavy atom. The fourth-order valence-corrected chi connectivity index (χ4v) is 2.39. The van der Waals surface area contributed by atoms with Crippen molar-refractivity contribution in [1.82, 2.24) is 14.9 Å². The summed E-state index contributed by atoms with van der Waals surface area (Å²) in [7, 11) is 1.32. The average Bonchev–Trinajstić information content (AvgIpc) is 3.12. The van der Waals surface area contributed by atoms with Gasteiger partial charge in [0.05, 0.1) is 5.56 Å². The van der Waals surface area contributed by atoms with E-state index in [-0.39, 0.29) is 22.6 Å². The maximum atomic E-state index is 13.4. The van der Waals surface area contributed by atoms with E-state index in [1.54, 1.807) is 25.1 Å². The Morgan fingerprint density at radius 1 is 1.24 bits per heavy atom. The molecule has 0 fully saturated rings. The van der Waals surface area contributed by atoms with Gasteiger partial charge < -0.3 is 9.84 Å². The summed E-state index contributed by atoms with van der Waals surface area (Å²) in [6.07, 6.45) is -4.67. The van der Waals surface area contributed by atoms with E-state index in [4.69, 9.17) is 4.52 Å². The number of benzene rings is 1. The van der Waals surface area contributed by atoms with Crippen LogP contribution in [0.5, 0.6) is 0 Å². The summed E-state index contributed by atoms with van der Waals surface area (Å²) >= 11 is 0. The molecule has 0 aliphatic rings. The van der Waals surface area contributed by atoms with Gasteiger partial charge in [0, 0.05) is 13.1 Å². The normalized spacial score (nSPS) is 11.6. The standard InChI is InChI=1S/C16H13F3N4O2/c1-9-8-11(22-25-9)15(24)20-14-12(10-6-4-3-5-7-10)13(16(17,18)19)21-23(14)2/h3-8H,1-2H3,(H,20,24). The number of amides is 1. The third kappa shape index (κ3) is 3.25. The Kier molecular flexibility index (Phi) is 4.07. The lowest BCUT2D eigenvalue weighted by Crippen LogP contribution is -2.15. The van der Waals surface area contributed by atoms with Crippen LogP contribution in [-0.4, -0.2) is 20.8 Å². The van der Waals surface area contributed by atoms with Gasteiger partial charge in [0.15, 0.2) is 11.4 Å². The first-order chi connectivity index (χ1) is 11.8. The number of anilines is 1. The summed E-state index contributed by atoms with van der Waals surface area (Å²) in [5, 5.41) is 9.54. The average molecular weight is 350 g/mol. The highest BCUT2D eigenvalue weighted by Gasteiger charge is 2.39. The topological polar surface area (TPSA) is 73.0 Å². The van der Waals surface area contributed by atoms with Crippen molar-refractivity contribution in [2.75, 3.05) is 5.32 Å². The largest absolute Gasteiger partial charge is 0.435 e. The summed E-state index contributed by atoms with van der Waals surface area (Å²) in [6.45, 7) is 1.60. The lowest BCUT2D eigenvalue weighted by Gasteiger charge is -2.09. The molecule has 1 aromatic carbocycles. The van der Waals surface area contributed by atoms with Crippen LogP contribution in [0.1, 0.15) is 21.9 Å². The van der Waals surface area contributed by atoms with E-state index in [0.717, 1.165) is 4.68 Å². The second-order valence-electron chi connectivity index (χ2n) is 5.34. The van der Waals surface area contributed by atoms with Crippen LogP contribution in [0.3, 0.4) is 0 Å². The predicted molar refractivity (Wildman–Crippen MR) is 82.8 cm³/mol. The highest BCUT2D eigenvalue weighted by atomic mass is 19.4. The van der Waals surface area contributed by atoms with Gasteiger partial charge >= 0.3 is 6.18 Å². The van der Waals surface area contributed by atoms with Crippen molar-refractivity contribution in [3.05, 3.63) is 53.5 Å². The van der Waals surface area contributed by atoms with E-state index in [1.807, 2.05) is 0 Å². The number of hydrogen-bond donors (Lipinski definition) is 1. The van der Waals surface area contributed by atoms with Gasteiger partial charge in [0.2, 0.25) is 0 Å². The van der Waals surface area contributed by atoms with Gasteiger partial charge in [-0.1, -0.05) is 35.5 Å². The second kappa shape index (κ2) is 6.08. The molecule has 0 bridgehead atoms. The molecule has 0 spiro atoms. The first-order valence-electron chi connectivity index (χ1n) is 7.21. The van der Waals surface area contributed by atoms with Crippen molar-refractivity contribution in [1.29, 1.82) is 0 Å². The Hall–Kier alpha value is -3.10. The number of nitrogens with one attached hydrogen (secondary N) is 1. The molecule has 1 N–H and O–H groups in total. The molecule has 6 nitrogen and oxygen atoms in total. The number of carbonyl (C=O) groups is 1. The van der Waals surface area contributed by atoms with Gasteiger partial charge in [-0.15, -0.1) is 0 Å². The molecule has 3 aromatic rings. The molecule has 1 amide bonds. The number of carbonyl (C=O) groups excluding carboxylic acids is 1. The zero-order chi connectivity index (χ0) is 18.2. The van der Waals surface area contributed by atoms with Gasteiger partial charge in [-0.3, -0.25) is 9.48 Å². The summed E-state index contributed by atoms with van der Waals surface area (Å²) in [4.78, 5) is 12.3. The maximum Gasteiger partial charge on any atom is 0.435 e. The molecule has 0 aliphatic carbocycles. The molecular formula is C16H13F3N4O2. The molecule has 130 valence electrons. The fourth-order valence-electron chi connectivity index (χ4n) is 2.39. The minimum absolute atomic E-state index is 0.0359. The Morgan fingerprint density at radius 3 is 2.48 bits per heavy atom. The van der Waals surface area contributed by atoms with Gasteiger partial charge in [0.25, 0.3) is 5.91 Å². The quantitative estimate of drug-likeness (QED) is 0.782. The van der Waals surface area contributed by atoms with E-state index in [0.29, 0.717) is 5.76 Å². The molecule has 0 saturated carbocycles. The predicted octanol–water partition coefficient (Wildman–Crippen LogP) is 3.65. The second-order valence-corrected chi connectivity index (χ2v) is 5.34. The fraction of sp³-hybridized carbons (Fsp3) is 0.188. The maximum absolute atomic E-state index is 13.4. The summed E-state index contributed by atoms with van der Waals surface area (Å²) in [6, 6.07) is 9.32. The van der Waals surface area contributed by atoms with Gasteiger partial charge in [-0.2, -0.15) is 18.3 Å². The van der Waals surface area contributed by atoms with Crippen molar-refractivity contribution in [2.24, 2.45) is 7.05 Å². The highest BCUT2D eigenvalue weighted by Crippen LogP contribution is 2.40. The smallest absolute Gasteiger partial charge is 0.361 e. The van der Waals surface area contributed by atoms with Crippen LogP contribution in [0.4, 0.5) is 19.0 Å². The van der Waals surface area contributed by atoms with Crippen LogP contribution >= 0.6 is 0 Å². The highest BCUT2D eigenvalue weighted by molar-refractivity contribution is 6.04. The first kappa shape index (κ1) is 16.7. The molecule has 9 heteroatoms. The Labute approximate surface area is 140 Å². The van der Waals surface area contributed by atoms with Crippen LogP contribution in [0.25, 0.3) is 11.1 Å². The van der Waals surface area contributed by atoms with Crippen LogP contribution in [0, 0.1) is 6.92 Å². The van der Waals surface area contributed by atoms with Crippen molar-refractivity contribution in [3.8, 4) is 11.1 Å².